The van der Waals surface area contributed by atoms with Gasteiger partial charge in [0.05, 0.1) is 39.0 Å². The molecular weight excluding hydrogens is 504 g/mol. The van der Waals surface area contributed by atoms with Gasteiger partial charge in [-0.2, -0.15) is 0 Å². The number of hydrogen-bond donors (Lipinski definition) is 2. The summed E-state index contributed by atoms with van der Waals surface area (Å²) < 4.78 is 15.5. The normalized spacial score (nSPS) is 12.4. The third kappa shape index (κ3) is 3.75. The van der Waals surface area contributed by atoms with E-state index in [0.717, 1.165) is 0 Å². The summed E-state index contributed by atoms with van der Waals surface area (Å²) in [5.74, 6) is 0.0695. The van der Waals surface area contributed by atoms with Crippen LogP contribution in [0.5, 0.6) is 0 Å². The van der Waals surface area contributed by atoms with E-state index in [2.05, 4.69) is 25.3 Å². The molecule has 0 fully saturated rings. The molecule has 3 aromatic heterocycles. The zero-order chi connectivity index (χ0) is 24.0. The predicted molar refractivity (Wildman–Crippen MR) is 131 cm³/mol. The Morgan fingerprint density at radius 3 is 2.76 bits per heavy atom. The molecule has 5 aromatic rings. The molecule has 12 heteroatoms. The lowest BCUT2D eigenvalue weighted by atomic mass is 10.1. The second kappa shape index (κ2) is 8.83. The summed E-state index contributed by atoms with van der Waals surface area (Å²) in [5, 5.41) is 3.55. The fourth-order valence-electron chi connectivity index (χ4n) is 3.74. The molecule has 0 saturated carbocycles. The van der Waals surface area contributed by atoms with E-state index in [0.29, 0.717) is 39.9 Å². The number of H-pyrrole nitrogens is 1. The molecule has 172 valence electrons. The highest BCUT2D eigenvalue weighted by atomic mass is 35.5. The molecule has 0 unspecified atom stereocenters. The molecule has 0 aliphatic heterocycles. The van der Waals surface area contributed by atoms with Gasteiger partial charge in [-0.15, -0.1) is 0 Å². The number of hydrogen-bond acceptors (Lipinski definition) is 6. The minimum Gasteiger partial charge on any atom is -0.358 e. The standard InChI is InChI=1S/C22H15Cl3FN7O/c1-2-13(31-20-18-19(28-8-27-18)29-9-30-20)21-32-14-6-5-12(26)17(25)16(14)22(34)33(21)15-7-10(23)3-4-11(15)24/h3-9,13H,2H2,1H3,(H2,27,28,29,30,31)/t13-/m0/s1. The van der Waals surface area contributed by atoms with Gasteiger partial charge in [-0.1, -0.05) is 41.7 Å². The van der Waals surface area contributed by atoms with Crippen LogP contribution in [0.2, 0.25) is 15.1 Å². The van der Waals surface area contributed by atoms with E-state index in [1.54, 1.807) is 18.2 Å². The topological polar surface area (TPSA) is 101 Å². The number of rotatable bonds is 5. The summed E-state index contributed by atoms with van der Waals surface area (Å²) in [6.45, 7) is 1.92. The molecule has 0 aliphatic rings. The van der Waals surface area contributed by atoms with Crippen LogP contribution in [0, 0.1) is 5.82 Å². The largest absolute Gasteiger partial charge is 0.358 e. The third-order valence-electron chi connectivity index (χ3n) is 5.36. The van der Waals surface area contributed by atoms with Crippen LogP contribution in [-0.2, 0) is 0 Å². The van der Waals surface area contributed by atoms with Crippen molar-refractivity contribution < 1.29 is 4.39 Å². The first-order valence-corrected chi connectivity index (χ1v) is 11.3. The number of nitrogens with one attached hydrogen (secondary N) is 2. The third-order valence-corrected chi connectivity index (χ3v) is 6.28. The maximum Gasteiger partial charge on any atom is 0.267 e. The molecule has 3 heterocycles. The van der Waals surface area contributed by atoms with Crippen molar-refractivity contribution in [3.8, 4) is 5.69 Å². The van der Waals surface area contributed by atoms with Gasteiger partial charge in [-0.25, -0.2) is 24.3 Å². The van der Waals surface area contributed by atoms with Crippen LogP contribution in [0.1, 0.15) is 25.2 Å². The Hall–Kier alpha value is -3.27. The summed E-state index contributed by atoms with van der Waals surface area (Å²) in [4.78, 5) is 34.0. The van der Waals surface area contributed by atoms with Crippen LogP contribution in [0.25, 0.3) is 27.8 Å². The number of aromatic nitrogens is 6. The molecule has 0 spiro atoms. The minimum absolute atomic E-state index is 0.0608. The number of anilines is 1. The fourth-order valence-corrected chi connectivity index (χ4v) is 4.35. The Bertz CT molecular complexity index is 1620. The molecule has 1 atom stereocenters. The number of halogens is 4. The van der Waals surface area contributed by atoms with Gasteiger partial charge < -0.3 is 10.3 Å². The average Bonchev–Trinajstić information content (AvgIpc) is 3.31. The van der Waals surface area contributed by atoms with Crippen molar-refractivity contribution in [1.29, 1.82) is 0 Å². The van der Waals surface area contributed by atoms with Crippen molar-refractivity contribution in [2.24, 2.45) is 0 Å². The maximum absolute atomic E-state index is 14.2. The lowest BCUT2D eigenvalue weighted by molar-refractivity contribution is 0.628. The minimum atomic E-state index is -0.725. The van der Waals surface area contributed by atoms with Crippen molar-refractivity contribution in [2.75, 3.05) is 5.32 Å². The molecule has 8 nitrogen and oxygen atoms in total. The van der Waals surface area contributed by atoms with E-state index in [4.69, 9.17) is 39.8 Å². The monoisotopic (exact) mass is 517 g/mol. The highest BCUT2D eigenvalue weighted by Gasteiger charge is 2.24. The van der Waals surface area contributed by atoms with Gasteiger partial charge in [-0.3, -0.25) is 9.36 Å². The van der Waals surface area contributed by atoms with Gasteiger partial charge in [0, 0.05) is 5.02 Å². The second-order valence-electron chi connectivity index (χ2n) is 7.39. The smallest absolute Gasteiger partial charge is 0.267 e. The van der Waals surface area contributed by atoms with Crippen molar-refractivity contribution >= 4 is 62.7 Å². The van der Waals surface area contributed by atoms with E-state index in [1.165, 1.54) is 29.4 Å². The highest BCUT2D eigenvalue weighted by Crippen LogP contribution is 2.31. The first-order valence-electron chi connectivity index (χ1n) is 10.2. The number of fused-ring (bicyclic) bond motifs is 2. The van der Waals surface area contributed by atoms with E-state index >= 15 is 0 Å². The molecule has 0 amide bonds. The van der Waals surface area contributed by atoms with Crippen molar-refractivity contribution in [3.05, 3.63) is 80.0 Å². The fraction of sp³-hybridized carbons (Fsp3) is 0.136. The molecular formula is C22H15Cl3FN7O. The SMILES string of the molecule is CC[C@H](Nc1ncnc2nc[nH]c12)c1nc2ccc(F)c(Cl)c2c(=O)n1-c1cc(Cl)ccc1Cl. The van der Waals surface area contributed by atoms with Gasteiger partial charge in [0.1, 0.15) is 23.5 Å². The Morgan fingerprint density at radius 1 is 1.15 bits per heavy atom. The van der Waals surface area contributed by atoms with E-state index in [9.17, 15) is 9.18 Å². The predicted octanol–water partition coefficient (Wildman–Crippen LogP) is 5.71. The van der Waals surface area contributed by atoms with Crippen molar-refractivity contribution in [3.63, 3.8) is 0 Å². The first-order chi connectivity index (χ1) is 16.4. The molecule has 0 saturated heterocycles. The van der Waals surface area contributed by atoms with Crippen molar-refractivity contribution in [1.82, 2.24) is 29.5 Å². The molecule has 0 aliphatic carbocycles. The Kier molecular flexibility index (Phi) is 5.85. The Morgan fingerprint density at radius 2 is 1.97 bits per heavy atom. The number of benzene rings is 2. The summed E-state index contributed by atoms with van der Waals surface area (Å²) in [6, 6.07) is 6.78. The lowest BCUT2D eigenvalue weighted by Gasteiger charge is -2.23. The summed E-state index contributed by atoms with van der Waals surface area (Å²) in [5.41, 5.74) is 1.04. The van der Waals surface area contributed by atoms with Gasteiger partial charge in [-0.05, 0) is 36.8 Å². The molecule has 2 aromatic carbocycles. The quantitative estimate of drug-likeness (QED) is 0.309. The van der Waals surface area contributed by atoms with E-state index in [-0.39, 0.29) is 20.9 Å². The lowest BCUT2D eigenvalue weighted by Crippen LogP contribution is -2.29. The van der Waals surface area contributed by atoms with Crippen LogP contribution >= 0.6 is 34.8 Å². The number of aromatic amines is 1. The zero-order valence-electron chi connectivity index (χ0n) is 17.5. The van der Waals surface area contributed by atoms with E-state index < -0.39 is 17.4 Å². The molecule has 2 N–H and O–H groups in total. The van der Waals surface area contributed by atoms with Crippen molar-refractivity contribution in [2.45, 2.75) is 19.4 Å². The van der Waals surface area contributed by atoms with Gasteiger partial charge in [0.15, 0.2) is 11.5 Å². The summed E-state index contributed by atoms with van der Waals surface area (Å²) in [7, 11) is 0. The average molecular weight is 519 g/mol. The Balaban J connectivity index is 1.79. The molecule has 0 radical (unpaired) electrons. The Labute approximate surface area is 206 Å². The molecule has 34 heavy (non-hydrogen) atoms. The summed E-state index contributed by atoms with van der Waals surface area (Å²) >= 11 is 18.9. The van der Waals surface area contributed by atoms with E-state index in [1.807, 2.05) is 6.92 Å². The van der Waals surface area contributed by atoms with Crippen LogP contribution in [-0.4, -0.2) is 29.5 Å². The number of imidazole rings is 1. The maximum atomic E-state index is 14.2. The highest BCUT2D eigenvalue weighted by molar-refractivity contribution is 6.35. The number of nitrogens with zero attached hydrogens (tertiary/aromatic N) is 5. The molecule has 5 rings (SSSR count). The summed E-state index contributed by atoms with van der Waals surface area (Å²) in [6.07, 6.45) is 3.40. The zero-order valence-corrected chi connectivity index (χ0v) is 19.7. The van der Waals surface area contributed by atoms with Gasteiger partial charge in [0.25, 0.3) is 5.56 Å². The van der Waals surface area contributed by atoms with Crippen LogP contribution in [0.15, 0.2) is 47.8 Å². The van der Waals surface area contributed by atoms with Crippen LogP contribution < -0.4 is 10.9 Å². The van der Waals surface area contributed by atoms with Crippen LogP contribution in [0.4, 0.5) is 10.2 Å². The first kappa shape index (κ1) is 22.5. The van der Waals surface area contributed by atoms with Gasteiger partial charge in [0.2, 0.25) is 0 Å². The van der Waals surface area contributed by atoms with Gasteiger partial charge >= 0.3 is 0 Å². The second-order valence-corrected chi connectivity index (χ2v) is 8.61. The van der Waals surface area contributed by atoms with Crippen LogP contribution in [0.3, 0.4) is 0 Å². The molecule has 0 bridgehead atoms.